The summed E-state index contributed by atoms with van der Waals surface area (Å²) in [6, 6.07) is 5.83. The predicted octanol–water partition coefficient (Wildman–Crippen LogP) is 2.43. The Morgan fingerprint density at radius 1 is 1.26 bits per heavy atom. The minimum Gasteiger partial charge on any atom is -0.478 e. The van der Waals surface area contributed by atoms with Crippen LogP contribution >= 0.6 is 11.8 Å². The summed E-state index contributed by atoms with van der Waals surface area (Å²) in [5, 5.41) is 14.0. The number of piperidine rings is 1. The number of aromatic nitrogens is 4. The average molecular weight is 385 g/mol. The number of fused-ring (bicyclic) bond motifs is 1. The predicted molar refractivity (Wildman–Crippen MR) is 100 cm³/mol. The lowest BCUT2D eigenvalue weighted by Gasteiger charge is -2.31. The van der Waals surface area contributed by atoms with Gasteiger partial charge in [-0.05, 0) is 31.2 Å². The topological polar surface area (TPSA) is 92.7 Å². The number of carboxylic acids is 1. The van der Waals surface area contributed by atoms with Crippen molar-refractivity contribution in [1.82, 2.24) is 24.1 Å². The van der Waals surface area contributed by atoms with Gasteiger partial charge in [-0.3, -0.25) is 13.9 Å². The second kappa shape index (κ2) is 7.07. The fraction of sp³-hybridized carbons (Fsp3) is 0.333. The van der Waals surface area contributed by atoms with Crippen LogP contribution < -0.4 is 0 Å². The van der Waals surface area contributed by atoms with Crippen molar-refractivity contribution in [3.63, 3.8) is 0 Å². The maximum absolute atomic E-state index is 13.0. The molecule has 4 rings (SSSR count). The summed E-state index contributed by atoms with van der Waals surface area (Å²) in [5.74, 6) is -1.05. The third kappa shape index (κ3) is 3.18. The third-order valence-corrected chi connectivity index (χ3v) is 5.53. The monoisotopic (exact) mass is 385 g/mol. The van der Waals surface area contributed by atoms with Gasteiger partial charge in [0, 0.05) is 25.5 Å². The Labute approximate surface area is 159 Å². The first kappa shape index (κ1) is 17.6. The molecule has 3 aromatic heterocycles. The quantitative estimate of drug-likeness (QED) is 0.694. The molecule has 0 unspecified atom stereocenters. The van der Waals surface area contributed by atoms with E-state index < -0.39 is 5.97 Å². The highest BCUT2D eigenvalue weighted by molar-refractivity contribution is 7.98. The maximum atomic E-state index is 13.0. The summed E-state index contributed by atoms with van der Waals surface area (Å²) in [4.78, 5) is 30.4. The first-order valence-corrected chi connectivity index (χ1v) is 9.88. The summed E-state index contributed by atoms with van der Waals surface area (Å²) in [5.41, 5.74) is 1.47. The molecular weight excluding hydrogens is 366 g/mol. The third-order valence-electron chi connectivity index (χ3n) is 4.88. The summed E-state index contributed by atoms with van der Waals surface area (Å²) in [7, 11) is 0. The Balaban J connectivity index is 1.50. The van der Waals surface area contributed by atoms with Crippen LogP contribution in [0.25, 0.3) is 5.52 Å². The number of rotatable bonds is 4. The van der Waals surface area contributed by atoms with Gasteiger partial charge in [-0.15, -0.1) is 0 Å². The van der Waals surface area contributed by atoms with E-state index in [0.29, 0.717) is 18.8 Å². The van der Waals surface area contributed by atoms with Crippen molar-refractivity contribution in [2.75, 3.05) is 19.3 Å². The van der Waals surface area contributed by atoms with Crippen LogP contribution in [0, 0.1) is 0 Å². The van der Waals surface area contributed by atoms with E-state index in [-0.39, 0.29) is 17.5 Å². The molecule has 0 spiro atoms. The molecule has 1 aliphatic heterocycles. The number of amides is 1. The van der Waals surface area contributed by atoms with Gasteiger partial charge >= 0.3 is 5.97 Å². The molecule has 1 aliphatic rings. The van der Waals surface area contributed by atoms with Gasteiger partial charge in [0.05, 0.1) is 23.3 Å². The van der Waals surface area contributed by atoms with E-state index in [2.05, 4.69) is 10.1 Å². The van der Waals surface area contributed by atoms with Crippen LogP contribution in [0.1, 0.15) is 39.7 Å². The second-order valence-corrected chi connectivity index (χ2v) is 7.21. The Morgan fingerprint density at radius 2 is 2.04 bits per heavy atom. The van der Waals surface area contributed by atoms with Crippen LogP contribution in [0.15, 0.2) is 41.9 Å². The number of nitrogens with zero attached hydrogens (tertiary/aromatic N) is 5. The zero-order valence-corrected chi connectivity index (χ0v) is 15.6. The van der Waals surface area contributed by atoms with Crippen molar-refractivity contribution in [2.45, 2.75) is 24.0 Å². The molecule has 27 heavy (non-hydrogen) atoms. The molecule has 0 radical (unpaired) electrons. The minimum absolute atomic E-state index is 0.0656. The number of carboxylic acid groups (broad SMARTS) is 1. The number of imidazole rings is 1. The Hall–Kier alpha value is -2.81. The Morgan fingerprint density at radius 3 is 2.70 bits per heavy atom. The molecular formula is C18H19N5O3S. The van der Waals surface area contributed by atoms with Gasteiger partial charge in [-0.2, -0.15) is 5.10 Å². The highest BCUT2D eigenvalue weighted by Gasteiger charge is 2.28. The Bertz CT molecular complexity index is 1000. The van der Waals surface area contributed by atoms with Crippen LogP contribution in [0.2, 0.25) is 0 Å². The number of aromatic carboxylic acids is 1. The Kier molecular flexibility index (Phi) is 4.61. The van der Waals surface area contributed by atoms with E-state index >= 15 is 0 Å². The summed E-state index contributed by atoms with van der Waals surface area (Å²) >= 11 is 1.51. The summed E-state index contributed by atoms with van der Waals surface area (Å²) in [6.07, 6.45) is 8.23. The van der Waals surface area contributed by atoms with Crippen LogP contribution in [0.3, 0.4) is 0 Å². The number of hydrogen-bond acceptors (Lipinski definition) is 5. The molecule has 3 aromatic rings. The fourth-order valence-corrected chi connectivity index (χ4v) is 3.98. The van der Waals surface area contributed by atoms with E-state index in [9.17, 15) is 9.59 Å². The molecule has 0 atom stereocenters. The number of likely N-dealkylation sites (tertiary alicyclic amines) is 1. The van der Waals surface area contributed by atoms with E-state index in [4.69, 9.17) is 5.11 Å². The lowest BCUT2D eigenvalue weighted by Crippen LogP contribution is -2.39. The molecule has 140 valence electrons. The number of pyridine rings is 1. The summed E-state index contributed by atoms with van der Waals surface area (Å²) < 4.78 is 3.63. The SMILES string of the molecule is CSc1nc(C(=O)N2CCC(n3cc(C(=O)O)cn3)CC2)c2ccccn12. The normalized spacial score (nSPS) is 15.4. The van der Waals surface area contributed by atoms with Crippen LogP contribution in [-0.2, 0) is 0 Å². The van der Waals surface area contributed by atoms with Gasteiger partial charge in [-0.25, -0.2) is 9.78 Å². The van der Waals surface area contributed by atoms with Crippen molar-refractivity contribution in [1.29, 1.82) is 0 Å². The average Bonchev–Trinajstić information content (AvgIpc) is 3.33. The first-order chi connectivity index (χ1) is 13.1. The number of hydrogen-bond donors (Lipinski definition) is 1. The van der Waals surface area contributed by atoms with Crippen LogP contribution in [-0.4, -0.2) is 60.4 Å². The van der Waals surface area contributed by atoms with E-state index in [0.717, 1.165) is 23.5 Å². The number of carbonyl (C=O) groups excluding carboxylic acids is 1. The molecule has 1 N–H and O–H groups in total. The van der Waals surface area contributed by atoms with E-state index in [1.165, 1.54) is 18.0 Å². The van der Waals surface area contributed by atoms with Gasteiger partial charge in [0.15, 0.2) is 10.9 Å². The number of thioether (sulfide) groups is 1. The highest BCUT2D eigenvalue weighted by Crippen LogP contribution is 2.26. The molecule has 1 saturated heterocycles. The minimum atomic E-state index is -0.981. The second-order valence-electron chi connectivity index (χ2n) is 6.44. The van der Waals surface area contributed by atoms with Crippen LogP contribution in [0.4, 0.5) is 0 Å². The standard InChI is InChI=1S/C18H19N5O3S/c1-27-18-20-15(14-4-2-3-7-22(14)18)16(24)21-8-5-13(6-9-21)23-11-12(10-19-23)17(25)26/h2-4,7,10-11,13H,5-6,8-9H2,1H3,(H,25,26). The molecule has 1 amide bonds. The molecule has 9 heteroatoms. The van der Waals surface area contributed by atoms with Crippen molar-refractivity contribution >= 4 is 29.2 Å². The molecule has 1 fully saturated rings. The lowest BCUT2D eigenvalue weighted by molar-refractivity contribution is 0.0685. The lowest BCUT2D eigenvalue weighted by atomic mass is 10.0. The van der Waals surface area contributed by atoms with Crippen molar-refractivity contribution < 1.29 is 14.7 Å². The van der Waals surface area contributed by atoms with Gasteiger partial charge in [0.1, 0.15) is 0 Å². The van der Waals surface area contributed by atoms with Crippen molar-refractivity contribution in [3.05, 3.63) is 48.0 Å². The van der Waals surface area contributed by atoms with E-state index in [1.54, 1.807) is 10.9 Å². The molecule has 4 heterocycles. The van der Waals surface area contributed by atoms with E-state index in [1.807, 2.05) is 40.0 Å². The molecule has 0 aliphatic carbocycles. The smallest absolute Gasteiger partial charge is 0.338 e. The van der Waals surface area contributed by atoms with Crippen molar-refractivity contribution in [2.24, 2.45) is 0 Å². The first-order valence-electron chi connectivity index (χ1n) is 8.66. The maximum Gasteiger partial charge on any atom is 0.338 e. The zero-order chi connectivity index (χ0) is 19.0. The highest BCUT2D eigenvalue weighted by atomic mass is 32.2. The van der Waals surface area contributed by atoms with Gasteiger partial charge in [-0.1, -0.05) is 17.8 Å². The van der Waals surface area contributed by atoms with Crippen LogP contribution in [0.5, 0.6) is 0 Å². The fourth-order valence-electron chi connectivity index (χ4n) is 3.44. The van der Waals surface area contributed by atoms with Gasteiger partial charge in [0.25, 0.3) is 5.91 Å². The molecule has 0 bridgehead atoms. The number of carbonyl (C=O) groups is 2. The molecule has 0 aromatic carbocycles. The molecule has 0 saturated carbocycles. The zero-order valence-electron chi connectivity index (χ0n) is 14.8. The van der Waals surface area contributed by atoms with Gasteiger partial charge in [0.2, 0.25) is 0 Å². The van der Waals surface area contributed by atoms with Crippen molar-refractivity contribution in [3.8, 4) is 0 Å². The van der Waals surface area contributed by atoms with Gasteiger partial charge < -0.3 is 10.0 Å². The largest absolute Gasteiger partial charge is 0.478 e. The summed E-state index contributed by atoms with van der Waals surface area (Å²) in [6.45, 7) is 1.18. The molecule has 8 nitrogen and oxygen atoms in total.